The molecule has 0 radical (unpaired) electrons. The monoisotopic (exact) mass is 482 g/mol. The van der Waals surface area contributed by atoms with Crippen molar-refractivity contribution in [3.05, 3.63) is 12.7 Å². The molecule has 0 aliphatic carbocycles. The van der Waals surface area contributed by atoms with Crippen LogP contribution in [0.3, 0.4) is 0 Å². The van der Waals surface area contributed by atoms with Crippen LogP contribution in [0.5, 0.6) is 0 Å². The van der Waals surface area contributed by atoms with Gasteiger partial charge in [0.05, 0.1) is 24.2 Å². The lowest BCUT2D eigenvalue weighted by Gasteiger charge is -2.45. The van der Waals surface area contributed by atoms with Crippen LogP contribution in [0, 0.1) is 23.7 Å². The van der Waals surface area contributed by atoms with E-state index in [1.165, 1.54) is 0 Å². The largest absolute Gasteiger partial charge is 0.465 e. The average molecular weight is 483 g/mol. The molecule has 0 amide bonds. The number of carbonyl (C=O) groups excluding carboxylic acids is 1. The maximum Gasteiger partial charge on any atom is 0.311 e. The number of hydrogen-bond acceptors (Lipinski definition) is 4. The first kappa shape index (κ1) is 31.1. The second-order valence-corrected chi connectivity index (χ2v) is 22.4. The van der Waals surface area contributed by atoms with E-state index in [1.807, 2.05) is 26.8 Å². The molecule has 0 N–H and O–H groups in total. The Morgan fingerprint density at radius 3 is 1.72 bits per heavy atom. The Morgan fingerprint density at radius 2 is 1.38 bits per heavy atom. The maximum atomic E-state index is 12.6. The lowest BCUT2D eigenvalue weighted by molar-refractivity contribution is -0.156. The maximum absolute atomic E-state index is 12.6. The highest BCUT2D eigenvalue weighted by molar-refractivity contribution is 6.74. The summed E-state index contributed by atoms with van der Waals surface area (Å²) in [5.74, 6) is 2.31. The van der Waals surface area contributed by atoms with E-state index in [1.54, 1.807) is 0 Å². The standard InChI is InChI=1S/C26H50O4Si2/c1-16-18-22(30-32(14,15)26(9,10)11)20(19-28-23(27)24(3,4)5)21(17-2)29-31(12,13)25(6,7)8/h1,17,20-22H,2,18-19H2,3-15H3/t20-,21-,22+/m0/s1. The van der Waals surface area contributed by atoms with Crippen LogP contribution in [-0.4, -0.2) is 41.4 Å². The van der Waals surface area contributed by atoms with Gasteiger partial charge in [0, 0.05) is 12.3 Å². The van der Waals surface area contributed by atoms with Gasteiger partial charge in [0.1, 0.15) is 0 Å². The average Bonchev–Trinajstić information content (AvgIpc) is 2.57. The van der Waals surface area contributed by atoms with E-state index in [4.69, 9.17) is 20.0 Å². The highest BCUT2D eigenvalue weighted by Gasteiger charge is 2.45. The third kappa shape index (κ3) is 8.81. The molecule has 186 valence electrons. The van der Waals surface area contributed by atoms with Crippen LogP contribution < -0.4 is 0 Å². The second kappa shape index (κ2) is 11.0. The molecule has 0 saturated carbocycles. The summed E-state index contributed by atoms with van der Waals surface area (Å²) in [6, 6.07) is 0. The Labute approximate surface area is 201 Å². The third-order valence-electron chi connectivity index (χ3n) is 6.96. The van der Waals surface area contributed by atoms with E-state index < -0.39 is 22.0 Å². The fraction of sp³-hybridized carbons (Fsp3) is 0.808. The smallest absolute Gasteiger partial charge is 0.311 e. The van der Waals surface area contributed by atoms with Crippen LogP contribution in [-0.2, 0) is 18.4 Å². The lowest BCUT2D eigenvalue weighted by atomic mass is 9.94. The molecule has 0 spiro atoms. The Balaban J connectivity index is 6.22. The molecule has 0 aliphatic heterocycles. The zero-order valence-corrected chi connectivity index (χ0v) is 25.1. The molecule has 0 unspecified atom stereocenters. The molecule has 0 aromatic carbocycles. The van der Waals surface area contributed by atoms with Crippen LogP contribution in [0.15, 0.2) is 12.7 Å². The number of terminal acetylenes is 1. The van der Waals surface area contributed by atoms with Gasteiger partial charge in [0.25, 0.3) is 0 Å². The van der Waals surface area contributed by atoms with Gasteiger partial charge in [-0.15, -0.1) is 18.9 Å². The highest BCUT2D eigenvalue weighted by atomic mass is 28.4. The van der Waals surface area contributed by atoms with Crippen molar-refractivity contribution < 1.29 is 18.4 Å². The predicted molar refractivity (Wildman–Crippen MR) is 142 cm³/mol. The molecule has 0 aromatic rings. The van der Waals surface area contributed by atoms with Crippen LogP contribution in [0.4, 0.5) is 0 Å². The topological polar surface area (TPSA) is 44.8 Å². The van der Waals surface area contributed by atoms with Crippen molar-refractivity contribution in [1.82, 2.24) is 0 Å². The first-order valence-corrected chi connectivity index (χ1v) is 17.5. The minimum atomic E-state index is -2.13. The van der Waals surface area contributed by atoms with Gasteiger partial charge in [-0.1, -0.05) is 47.6 Å². The fourth-order valence-corrected chi connectivity index (χ4v) is 5.25. The van der Waals surface area contributed by atoms with Gasteiger partial charge in [-0.3, -0.25) is 4.79 Å². The number of carbonyl (C=O) groups is 1. The van der Waals surface area contributed by atoms with E-state index in [0.29, 0.717) is 6.42 Å². The van der Waals surface area contributed by atoms with E-state index in [9.17, 15) is 4.79 Å². The molecular formula is C26H50O4Si2. The van der Waals surface area contributed by atoms with Crippen LogP contribution in [0.2, 0.25) is 36.3 Å². The fourth-order valence-electron chi connectivity index (χ4n) is 2.58. The minimum Gasteiger partial charge on any atom is -0.465 e. The summed E-state index contributed by atoms with van der Waals surface area (Å²) in [5, 5.41) is 0.0548. The molecule has 0 bridgehead atoms. The summed E-state index contributed by atoms with van der Waals surface area (Å²) in [4.78, 5) is 12.6. The van der Waals surface area contributed by atoms with E-state index >= 15 is 0 Å². The van der Waals surface area contributed by atoms with Crippen molar-refractivity contribution in [2.45, 2.75) is 117 Å². The second-order valence-electron chi connectivity index (χ2n) is 12.9. The first-order valence-electron chi connectivity index (χ1n) is 11.7. The van der Waals surface area contributed by atoms with Gasteiger partial charge in [-0.2, -0.15) is 0 Å². The Morgan fingerprint density at radius 1 is 0.938 bits per heavy atom. The van der Waals surface area contributed by atoms with Crippen molar-refractivity contribution in [3.8, 4) is 12.3 Å². The number of hydrogen-bond donors (Lipinski definition) is 0. The van der Waals surface area contributed by atoms with E-state index in [2.05, 4.69) is 80.2 Å². The summed E-state index contributed by atoms with van der Waals surface area (Å²) < 4.78 is 19.3. The van der Waals surface area contributed by atoms with Crippen molar-refractivity contribution in [2.24, 2.45) is 11.3 Å². The zero-order chi connectivity index (χ0) is 25.8. The molecule has 6 heteroatoms. The molecule has 32 heavy (non-hydrogen) atoms. The Kier molecular flexibility index (Phi) is 10.7. The Bertz CT molecular complexity index is 670. The van der Waals surface area contributed by atoms with Gasteiger partial charge in [-0.25, -0.2) is 0 Å². The summed E-state index contributed by atoms with van der Waals surface area (Å²) in [6.45, 7) is 31.9. The van der Waals surface area contributed by atoms with Crippen molar-refractivity contribution in [3.63, 3.8) is 0 Å². The van der Waals surface area contributed by atoms with Gasteiger partial charge < -0.3 is 13.6 Å². The highest BCUT2D eigenvalue weighted by Crippen LogP contribution is 2.41. The molecule has 0 aliphatic rings. The molecule has 0 fully saturated rings. The minimum absolute atomic E-state index is 0.0243. The zero-order valence-electron chi connectivity index (χ0n) is 23.1. The van der Waals surface area contributed by atoms with Gasteiger partial charge in [0.15, 0.2) is 16.6 Å². The Hall–Kier alpha value is -0.876. The van der Waals surface area contributed by atoms with Crippen molar-refractivity contribution >= 4 is 22.6 Å². The van der Waals surface area contributed by atoms with Gasteiger partial charge in [-0.05, 0) is 57.0 Å². The molecule has 4 nitrogen and oxygen atoms in total. The van der Waals surface area contributed by atoms with Crippen LogP contribution in [0.25, 0.3) is 0 Å². The predicted octanol–water partition coefficient (Wildman–Crippen LogP) is 7.18. The van der Waals surface area contributed by atoms with Crippen molar-refractivity contribution in [2.75, 3.05) is 6.61 Å². The summed E-state index contributed by atoms with van der Waals surface area (Å²) in [6.07, 6.45) is 7.41. The quantitative estimate of drug-likeness (QED) is 0.143. The molecule has 0 heterocycles. The molecular weight excluding hydrogens is 432 g/mol. The molecule has 0 rings (SSSR count). The third-order valence-corrected chi connectivity index (χ3v) is 15.9. The van der Waals surface area contributed by atoms with E-state index in [0.717, 1.165) is 0 Å². The normalized spacial score (nSPS) is 16.6. The molecule has 0 aromatic heterocycles. The van der Waals surface area contributed by atoms with Crippen molar-refractivity contribution in [1.29, 1.82) is 0 Å². The molecule has 0 saturated heterocycles. The van der Waals surface area contributed by atoms with Gasteiger partial charge >= 0.3 is 5.97 Å². The van der Waals surface area contributed by atoms with Crippen LogP contribution in [0.1, 0.15) is 68.7 Å². The first-order chi connectivity index (χ1) is 14.1. The SMILES string of the molecule is C#CC[C@@H](O[Si](C)(C)C(C)(C)C)[C@@H](COC(=O)C(C)(C)C)[C@H](C=C)O[Si](C)(C)C(C)(C)C. The van der Waals surface area contributed by atoms with Crippen LogP contribution >= 0.6 is 0 Å². The van der Waals surface area contributed by atoms with E-state index in [-0.39, 0.29) is 40.8 Å². The molecule has 3 atom stereocenters. The number of esters is 1. The summed E-state index contributed by atoms with van der Waals surface area (Å²) in [7, 11) is -4.25. The summed E-state index contributed by atoms with van der Waals surface area (Å²) >= 11 is 0. The lowest BCUT2D eigenvalue weighted by Crippen LogP contribution is -2.52. The number of rotatable bonds is 10. The summed E-state index contributed by atoms with van der Waals surface area (Å²) in [5.41, 5.74) is -0.587. The number of ether oxygens (including phenoxy) is 1. The van der Waals surface area contributed by atoms with Gasteiger partial charge in [0.2, 0.25) is 0 Å².